The van der Waals surface area contributed by atoms with Crippen LogP contribution in [0, 0.1) is 0 Å². The highest BCUT2D eigenvalue weighted by atomic mass is 35.5. The Morgan fingerprint density at radius 3 is 2.79 bits per heavy atom. The van der Waals surface area contributed by atoms with Gasteiger partial charge in [0.2, 0.25) is 0 Å². The van der Waals surface area contributed by atoms with Crippen molar-refractivity contribution in [3.63, 3.8) is 0 Å². The number of carboxylic acid groups (broad SMARTS) is 1. The molecule has 1 N–H and O–H groups in total. The third-order valence-electron chi connectivity index (χ3n) is 2.80. The van der Waals surface area contributed by atoms with Gasteiger partial charge in [-0.15, -0.1) is 0 Å². The van der Waals surface area contributed by atoms with E-state index in [0.717, 1.165) is 19.4 Å². The Bertz CT molecular complexity index is 494. The summed E-state index contributed by atoms with van der Waals surface area (Å²) in [5, 5.41) is 8.84. The molecule has 1 atom stereocenters. The molecule has 0 aliphatic carbocycles. The molecule has 0 amide bonds. The van der Waals surface area contributed by atoms with Crippen molar-refractivity contribution in [3.8, 4) is 5.75 Å². The molecule has 102 valence electrons. The Labute approximate surface area is 115 Å². The van der Waals surface area contributed by atoms with Gasteiger partial charge in [0, 0.05) is 12.2 Å². The van der Waals surface area contributed by atoms with E-state index in [1.807, 2.05) is 0 Å². The number of halogens is 1. The van der Waals surface area contributed by atoms with Gasteiger partial charge < -0.3 is 14.6 Å². The van der Waals surface area contributed by atoms with Crippen LogP contribution in [-0.2, 0) is 9.53 Å². The number of ketones is 1. The molecule has 0 radical (unpaired) electrons. The fraction of sp³-hybridized carbons (Fsp3) is 0.385. The zero-order chi connectivity index (χ0) is 13.8. The van der Waals surface area contributed by atoms with Crippen molar-refractivity contribution in [2.75, 3.05) is 13.2 Å². The summed E-state index contributed by atoms with van der Waals surface area (Å²) in [5.41, 5.74) is 0.0322. The summed E-state index contributed by atoms with van der Waals surface area (Å²) in [6.45, 7) is 1.24. The monoisotopic (exact) mass is 284 g/mol. The highest BCUT2D eigenvalue weighted by Crippen LogP contribution is 2.28. The lowest BCUT2D eigenvalue weighted by Crippen LogP contribution is -2.28. The number of hydrogen-bond acceptors (Lipinski definition) is 4. The van der Waals surface area contributed by atoms with Gasteiger partial charge in [-0.05, 0) is 31.0 Å². The van der Waals surface area contributed by atoms with Crippen molar-refractivity contribution in [3.05, 3.63) is 28.8 Å². The van der Waals surface area contributed by atoms with E-state index in [1.54, 1.807) is 0 Å². The number of carboxylic acids is 1. The number of ether oxygens (including phenoxy) is 2. The maximum Gasteiger partial charge on any atom is 0.377 e. The van der Waals surface area contributed by atoms with Gasteiger partial charge >= 0.3 is 5.97 Å². The third kappa shape index (κ3) is 3.45. The summed E-state index contributed by atoms with van der Waals surface area (Å²) in [6, 6.07) is 4.20. The number of aliphatic carboxylic acids is 1. The fourth-order valence-corrected chi connectivity index (χ4v) is 2.07. The third-order valence-corrected chi connectivity index (χ3v) is 3.10. The maximum atomic E-state index is 11.3. The quantitative estimate of drug-likeness (QED) is 0.677. The molecule has 1 fully saturated rings. The van der Waals surface area contributed by atoms with Crippen molar-refractivity contribution in [2.45, 2.75) is 18.9 Å². The first-order valence-electron chi connectivity index (χ1n) is 5.89. The van der Waals surface area contributed by atoms with Gasteiger partial charge in [-0.1, -0.05) is 11.6 Å². The number of hydrogen-bond donors (Lipinski definition) is 1. The van der Waals surface area contributed by atoms with Crippen LogP contribution in [-0.4, -0.2) is 36.2 Å². The molecular weight excluding hydrogens is 272 g/mol. The number of rotatable bonds is 4. The zero-order valence-corrected chi connectivity index (χ0v) is 10.9. The molecule has 1 aromatic rings. The van der Waals surface area contributed by atoms with Crippen molar-refractivity contribution < 1.29 is 24.2 Å². The fourth-order valence-electron chi connectivity index (χ4n) is 1.84. The predicted octanol–water partition coefficient (Wildman–Crippen LogP) is 2.17. The Morgan fingerprint density at radius 2 is 2.21 bits per heavy atom. The van der Waals surface area contributed by atoms with Crippen LogP contribution < -0.4 is 4.74 Å². The van der Waals surface area contributed by atoms with E-state index in [2.05, 4.69) is 0 Å². The Hall–Kier alpha value is -1.59. The van der Waals surface area contributed by atoms with E-state index >= 15 is 0 Å². The summed E-state index contributed by atoms with van der Waals surface area (Å²) >= 11 is 5.99. The molecule has 1 aromatic carbocycles. The number of Topliss-reactive ketones (excluding diaryl/α,β-unsaturated/α-hetero) is 1. The first-order valence-corrected chi connectivity index (χ1v) is 6.27. The minimum atomic E-state index is -1.51. The van der Waals surface area contributed by atoms with E-state index in [1.165, 1.54) is 18.2 Å². The standard InChI is InChI=1S/C13H13ClO5/c14-10-6-8(12(15)13(16)17)3-4-11(10)19-9-2-1-5-18-7-9/h3-4,6,9H,1-2,5,7H2,(H,16,17). The molecule has 1 aliphatic heterocycles. The van der Waals surface area contributed by atoms with Crippen LogP contribution in [0.15, 0.2) is 18.2 Å². The molecule has 1 unspecified atom stereocenters. The van der Waals surface area contributed by atoms with Gasteiger partial charge in [-0.25, -0.2) is 4.79 Å². The topological polar surface area (TPSA) is 72.8 Å². The van der Waals surface area contributed by atoms with E-state index in [0.29, 0.717) is 12.4 Å². The van der Waals surface area contributed by atoms with Crippen LogP contribution in [0.3, 0.4) is 0 Å². The first kappa shape index (κ1) is 13.8. The second-order valence-electron chi connectivity index (χ2n) is 4.24. The van der Waals surface area contributed by atoms with Gasteiger partial charge in [0.1, 0.15) is 11.9 Å². The van der Waals surface area contributed by atoms with Gasteiger partial charge in [0.05, 0.1) is 11.6 Å². The van der Waals surface area contributed by atoms with Crippen LogP contribution in [0.2, 0.25) is 5.02 Å². The number of carbonyl (C=O) groups excluding carboxylic acids is 1. The molecule has 0 aromatic heterocycles. The van der Waals surface area contributed by atoms with Crippen LogP contribution in [0.1, 0.15) is 23.2 Å². The lowest BCUT2D eigenvalue weighted by atomic mass is 10.1. The largest absolute Gasteiger partial charge is 0.486 e. The summed E-state index contributed by atoms with van der Waals surface area (Å²) in [4.78, 5) is 21.9. The van der Waals surface area contributed by atoms with E-state index < -0.39 is 11.8 Å². The van der Waals surface area contributed by atoms with E-state index in [-0.39, 0.29) is 16.7 Å². The first-order chi connectivity index (χ1) is 9.08. The molecule has 1 heterocycles. The number of benzene rings is 1. The van der Waals surface area contributed by atoms with Crippen molar-refractivity contribution >= 4 is 23.4 Å². The second-order valence-corrected chi connectivity index (χ2v) is 4.64. The minimum absolute atomic E-state index is 0.0322. The van der Waals surface area contributed by atoms with Crippen LogP contribution in [0.4, 0.5) is 0 Å². The van der Waals surface area contributed by atoms with Crippen LogP contribution in [0.25, 0.3) is 0 Å². The average molecular weight is 285 g/mol. The maximum absolute atomic E-state index is 11.3. The highest BCUT2D eigenvalue weighted by molar-refractivity contribution is 6.40. The highest BCUT2D eigenvalue weighted by Gasteiger charge is 2.19. The lowest BCUT2D eigenvalue weighted by Gasteiger charge is -2.23. The molecule has 6 heteroatoms. The molecule has 2 rings (SSSR count). The smallest absolute Gasteiger partial charge is 0.377 e. The zero-order valence-electron chi connectivity index (χ0n) is 10.1. The second kappa shape index (κ2) is 6.04. The predicted molar refractivity (Wildman–Crippen MR) is 67.9 cm³/mol. The van der Waals surface area contributed by atoms with E-state index in [9.17, 15) is 9.59 Å². The van der Waals surface area contributed by atoms with Crippen molar-refractivity contribution in [2.24, 2.45) is 0 Å². The molecule has 5 nitrogen and oxygen atoms in total. The molecule has 0 bridgehead atoms. The van der Waals surface area contributed by atoms with Gasteiger partial charge in [0.15, 0.2) is 0 Å². The van der Waals surface area contributed by atoms with Crippen LogP contribution in [0.5, 0.6) is 5.75 Å². The molecule has 1 saturated heterocycles. The Morgan fingerprint density at radius 1 is 1.42 bits per heavy atom. The average Bonchev–Trinajstić information content (AvgIpc) is 2.41. The number of carbonyl (C=O) groups is 2. The SMILES string of the molecule is O=C(O)C(=O)c1ccc(OC2CCCOC2)c(Cl)c1. The summed E-state index contributed by atoms with van der Waals surface area (Å²) in [5.74, 6) is -2.07. The van der Waals surface area contributed by atoms with Gasteiger partial charge in [0.25, 0.3) is 5.78 Å². The summed E-state index contributed by atoms with van der Waals surface area (Å²) in [7, 11) is 0. The molecular formula is C13H13ClO5. The molecule has 0 saturated carbocycles. The normalized spacial score (nSPS) is 18.9. The summed E-state index contributed by atoms with van der Waals surface area (Å²) < 4.78 is 11.0. The Kier molecular flexibility index (Phi) is 4.39. The molecule has 1 aliphatic rings. The summed E-state index contributed by atoms with van der Waals surface area (Å²) in [6.07, 6.45) is 1.75. The van der Waals surface area contributed by atoms with Gasteiger partial charge in [-0.2, -0.15) is 0 Å². The van der Waals surface area contributed by atoms with E-state index in [4.69, 9.17) is 26.2 Å². The molecule has 19 heavy (non-hydrogen) atoms. The van der Waals surface area contributed by atoms with Crippen LogP contribution >= 0.6 is 11.6 Å². The van der Waals surface area contributed by atoms with Gasteiger partial charge in [-0.3, -0.25) is 4.79 Å². The van der Waals surface area contributed by atoms with Crippen molar-refractivity contribution in [1.82, 2.24) is 0 Å². The lowest BCUT2D eigenvalue weighted by molar-refractivity contribution is -0.131. The minimum Gasteiger partial charge on any atom is -0.486 e. The Balaban J connectivity index is 2.10. The molecule has 0 spiro atoms. The van der Waals surface area contributed by atoms with Crippen molar-refractivity contribution in [1.29, 1.82) is 0 Å².